The minimum absolute atomic E-state index is 0.327. The Balaban J connectivity index is 1.92. The topological polar surface area (TPSA) is 41.1 Å². The van der Waals surface area contributed by atoms with Crippen LogP contribution in [0.15, 0.2) is 46.9 Å². The standard InChI is InChI=1S/C14H11BrCl2N2O/c15-10-6-4-9(5-7-10)8-18-14(20)19-12-3-1-2-11(16)13(12)17/h1-7H,8H2,(H2,18,19,20). The number of amides is 2. The highest BCUT2D eigenvalue weighted by Crippen LogP contribution is 2.29. The van der Waals surface area contributed by atoms with Crippen LogP contribution in [0.3, 0.4) is 0 Å². The highest BCUT2D eigenvalue weighted by atomic mass is 79.9. The molecule has 0 aliphatic rings. The van der Waals surface area contributed by atoms with Gasteiger partial charge in [-0.25, -0.2) is 4.79 Å². The summed E-state index contributed by atoms with van der Waals surface area (Å²) in [5.41, 5.74) is 1.48. The van der Waals surface area contributed by atoms with Crippen LogP contribution in [-0.2, 0) is 6.54 Å². The molecule has 0 aliphatic heterocycles. The van der Waals surface area contributed by atoms with Crippen LogP contribution in [0, 0.1) is 0 Å². The molecular weight excluding hydrogens is 363 g/mol. The molecular formula is C14H11BrCl2N2O. The molecule has 2 aromatic rings. The van der Waals surface area contributed by atoms with E-state index in [-0.39, 0.29) is 6.03 Å². The van der Waals surface area contributed by atoms with E-state index >= 15 is 0 Å². The number of rotatable bonds is 3. The molecule has 0 spiro atoms. The number of benzene rings is 2. The maximum atomic E-state index is 11.8. The highest BCUT2D eigenvalue weighted by Gasteiger charge is 2.07. The van der Waals surface area contributed by atoms with Gasteiger partial charge < -0.3 is 10.6 Å². The Labute approximate surface area is 135 Å². The third-order valence-electron chi connectivity index (χ3n) is 2.57. The molecule has 0 fully saturated rings. The minimum atomic E-state index is -0.336. The van der Waals surface area contributed by atoms with Crippen LogP contribution in [0.4, 0.5) is 10.5 Å². The van der Waals surface area contributed by atoms with Gasteiger partial charge in [-0.05, 0) is 29.8 Å². The van der Waals surface area contributed by atoms with Gasteiger partial charge >= 0.3 is 6.03 Å². The molecule has 6 heteroatoms. The normalized spacial score (nSPS) is 10.2. The maximum absolute atomic E-state index is 11.8. The van der Waals surface area contributed by atoms with E-state index in [1.165, 1.54) is 0 Å². The van der Waals surface area contributed by atoms with Crippen molar-refractivity contribution in [1.82, 2.24) is 5.32 Å². The average molecular weight is 374 g/mol. The smallest absolute Gasteiger partial charge is 0.319 e. The van der Waals surface area contributed by atoms with E-state index in [0.717, 1.165) is 10.0 Å². The average Bonchev–Trinajstić information content (AvgIpc) is 2.43. The number of urea groups is 1. The SMILES string of the molecule is O=C(NCc1ccc(Br)cc1)Nc1cccc(Cl)c1Cl. The summed E-state index contributed by atoms with van der Waals surface area (Å²) in [5.74, 6) is 0. The van der Waals surface area contributed by atoms with E-state index in [1.807, 2.05) is 24.3 Å². The molecule has 2 amide bonds. The maximum Gasteiger partial charge on any atom is 0.319 e. The van der Waals surface area contributed by atoms with Gasteiger partial charge in [0.2, 0.25) is 0 Å². The number of carbonyl (C=O) groups is 1. The van der Waals surface area contributed by atoms with E-state index in [2.05, 4.69) is 26.6 Å². The molecule has 0 unspecified atom stereocenters. The summed E-state index contributed by atoms with van der Waals surface area (Å²) < 4.78 is 0.997. The number of nitrogens with one attached hydrogen (secondary N) is 2. The fraction of sp³-hybridized carbons (Fsp3) is 0.0714. The van der Waals surface area contributed by atoms with Crippen molar-refractivity contribution >= 4 is 50.9 Å². The first-order chi connectivity index (χ1) is 9.56. The van der Waals surface area contributed by atoms with Crippen LogP contribution in [-0.4, -0.2) is 6.03 Å². The predicted molar refractivity (Wildman–Crippen MR) is 86.5 cm³/mol. The number of hydrogen-bond donors (Lipinski definition) is 2. The van der Waals surface area contributed by atoms with Crippen LogP contribution < -0.4 is 10.6 Å². The van der Waals surface area contributed by atoms with E-state index in [1.54, 1.807) is 18.2 Å². The molecule has 0 aliphatic carbocycles. The summed E-state index contributed by atoms with van der Waals surface area (Å²) in [6, 6.07) is 12.4. The Morgan fingerprint density at radius 1 is 1.10 bits per heavy atom. The second kappa shape index (κ2) is 6.97. The van der Waals surface area contributed by atoms with Gasteiger partial charge in [0, 0.05) is 11.0 Å². The first-order valence-corrected chi connectivity index (χ1v) is 7.34. The van der Waals surface area contributed by atoms with Crippen LogP contribution in [0.2, 0.25) is 10.0 Å². The molecule has 104 valence electrons. The van der Waals surface area contributed by atoms with E-state index in [4.69, 9.17) is 23.2 Å². The zero-order valence-electron chi connectivity index (χ0n) is 10.3. The van der Waals surface area contributed by atoms with Gasteiger partial charge in [0.15, 0.2) is 0 Å². The van der Waals surface area contributed by atoms with Crippen molar-refractivity contribution in [1.29, 1.82) is 0 Å². The number of hydrogen-bond acceptors (Lipinski definition) is 1. The summed E-state index contributed by atoms with van der Waals surface area (Å²) in [4.78, 5) is 11.8. The van der Waals surface area contributed by atoms with Crippen LogP contribution in [0.25, 0.3) is 0 Å². The summed E-state index contributed by atoms with van der Waals surface area (Å²) in [6.07, 6.45) is 0. The molecule has 0 aromatic heterocycles. The molecule has 0 atom stereocenters. The first-order valence-electron chi connectivity index (χ1n) is 5.79. The van der Waals surface area contributed by atoms with Gasteiger partial charge in [-0.3, -0.25) is 0 Å². The van der Waals surface area contributed by atoms with Gasteiger partial charge in [0.1, 0.15) is 0 Å². The Kier molecular flexibility index (Phi) is 5.29. The lowest BCUT2D eigenvalue weighted by atomic mass is 10.2. The molecule has 0 heterocycles. The zero-order valence-corrected chi connectivity index (χ0v) is 13.4. The number of anilines is 1. The van der Waals surface area contributed by atoms with Crippen molar-refractivity contribution in [3.05, 3.63) is 62.5 Å². The Bertz CT molecular complexity index is 617. The Hall–Kier alpha value is -1.23. The summed E-state index contributed by atoms with van der Waals surface area (Å²) in [5, 5.41) is 6.13. The third kappa shape index (κ3) is 4.13. The molecule has 2 aromatic carbocycles. The second-order valence-electron chi connectivity index (χ2n) is 4.04. The Morgan fingerprint density at radius 3 is 2.50 bits per heavy atom. The lowest BCUT2D eigenvalue weighted by Crippen LogP contribution is -2.28. The predicted octanol–water partition coefficient (Wildman–Crippen LogP) is 5.08. The van der Waals surface area contributed by atoms with Crippen molar-refractivity contribution in [3.8, 4) is 0 Å². The zero-order chi connectivity index (χ0) is 14.5. The van der Waals surface area contributed by atoms with Crippen molar-refractivity contribution < 1.29 is 4.79 Å². The molecule has 2 rings (SSSR count). The molecule has 2 N–H and O–H groups in total. The first kappa shape index (κ1) is 15.2. The van der Waals surface area contributed by atoms with Gasteiger partial charge in [-0.1, -0.05) is 57.3 Å². The summed E-state index contributed by atoms with van der Waals surface area (Å²) in [6.45, 7) is 0.428. The van der Waals surface area contributed by atoms with Crippen molar-refractivity contribution in [2.45, 2.75) is 6.54 Å². The second-order valence-corrected chi connectivity index (χ2v) is 5.74. The van der Waals surface area contributed by atoms with Gasteiger partial charge in [0.25, 0.3) is 0 Å². The van der Waals surface area contributed by atoms with E-state index < -0.39 is 0 Å². The Morgan fingerprint density at radius 2 is 1.80 bits per heavy atom. The monoisotopic (exact) mass is 372 g/mol. The van der Waals surface area contributed by atoms with Crippen molar-refractivity contribution in [2.24, 2.45) is 0 Å². The van der Waals surface area contributed by atoms with Gasteiger partial charge in [-0.2, -0.15) is 0 Å². The summed E-state index contributed by atoms with van der Waals surface area (Å²) in [7, 11) is 0. The van der Waals surface area contributed by atoms with E-state index in [9.17, 15) is 4.79 Å². The molecule has 0 saturated heterocycles. The minimum Gasteiger partial charge on any atom is -0.334 e. The largest absolute Gasteiger partial charge is 0.334 e. The molecule has 0 bridgehead atoms. The van der Waals surface area contributed by atoms with Crippen LogP contribution in [0.1, 0.15) is 5.56 Å². The molecule has 0 saturated carbocycles. The van der Waals surface area contributed by atoms with Crippen LogP contribution in [0.5, 0.6) is 0 Å². The van der Waals surface area contributed by atoms with Gasteiger partial charge in [0.05, 0.1) is 15.7 Å². The number of halogens is 3. The number of carbonyl (C=O) groups excluding carboxylic acids is 1. The van der Waals surface area contributed by atoms with Crippen molar-refractivity contribution in [3.63, 3.8) is 0 Å². The molecule has 20 heavy (non-hydrogen) atoms. The molecule has 0 radical (unpaired) electrons. The van der Waals surface area contributed by atoms with Crippen molar-refractivity contribution in [2.75, 3.05) is 5.32 Å². The highest BCUT2D eigenvalue weighted by molar-refractivity contribution is 9.10. The van der Waals surface area contributed by atoms with Crippen LogP contribution >= 0.6 is 39.1 Å². The van der Waals surface area contributed by atoms with Gasteiger partial charge in [-0.15, -0.1) is 0 Å². The lowest BCUT2D eigenvalue weighted by Gasteiger charge is -2.09. The lowest BCUT2D eigenvalue weighted by molar-refractivity contribution is 0.251. The molecule has 3 nitrogen and oxygen atoms in total. The summed E-state index contributed by atoms with van der Waals surface area (Å²) >= 11 is 15.2. The fourth-order valence-electron chi connectivity index (χ4n) is 1.55. The third-order valence-corrected chi connectivity index (χ3v) is 3.91. The fourth-order valence-corrected chi connectivity index (χ4v) is 2.16. The van der Waals surface area contributed by atoms with E-state index in [0.29, 0.717) is 22.3 Å². The quantitative estimate of drug-likeness (QED) is 0.773.